The summed E-state index contributed by atoms with van der Waals surface area (Å²) in [5.41, 5.74) is 2.01. The fraction of sp³-hybridized carbons (Fsp3) is 0.364. The standard InChI is InChI=1S/C22H21ClN2O2S/c23-18-8-2-1-7-15(18)16-12-17(16)21(26)25(13-14-6-5-11-27-14)22-24-19-9-3-4-10-20(19)28-22/h1-4,7-10,14,16-17H,5-6,11-13H2. The van der Waals surface area contributed by atoms with Crippen LogP contribution in [0.15, 0.2) is 48.5 Å². The number of thiazole rings is 1. The van der Waals surface area contributed by atoms with Gasteiger partial charge in [-0.15, -0.1) is 0 Å². The summed E-state index contributed by atoms with van der Waals surface area (Å²) in [6.07, 6.45) is 2.98. The second-order valence-electron chi connectivity index (χ2n) is 7.52. The first-order valence-corrected chi connectivity index (χ1v) is 10.9. The molecule has 2 heterocycles. The number of halogens is 1. The molecule has 1 saturated carbocycles. The molecule has 3 aromatic rings. The molecule has 2 aromatic carbocycles. The molecule has 3 unspecified atom stereocenters. The van der Waals surface area contributed by atoms with Crippen LogP contribution in [0.25, 0.3) is 10.2 Å². The molecule has 2 fully saturated rings. The van der Waals surface area contributed by atoms with Gasteiger partial charge >= 0.3 is 0 Å². The van der Waals surface area contributed by atoms with Crippen LogP contribution in [-0.4, -0.2) is 30.1 Å². The SMILES string of the molecule is O=C(C1CC1c1ccccc1Cl)N(CC1CCCO1)c1nc2ccccc2s1. The number of rotatable bonds is 5. The largest absolute Gasteiger partial charge is 0.376 e. The first-order chi connectivity index (χ1) is 13.7. The van der Waals surface area contributed by atoms with E-state index in [0.29, 0.717) is 6.54 Å². The summed E-state index contributed by atoms with van der Waals surface area (Å²) >= 11 is 7.94. The van der Waals surface area contributed by atoms with E-state index in [4.69, 9.17) is 21.3 Å². The van der Waals surface area contributed by atoms with E-state index in [0.717, 1.165) is 51.8 Å². The Hall–Kier alpha value is -1.95. The van der Waals surface area contributed by atoms with E-state index in [2.05, 4.69) is 6.07 Å². The van der Waals surface area contributed by atoms with Crippen LogP contribution in [0.5, 0.6) is 0 Å². The van der Waals surface area contributed by atoms with Crippen LogP contribution in [0.2, 0.25) is 5.02 Å². The zero-order valence-corrected chi connectivity index (χ0v) is 17.0. The number of aromatic nitrogens is 1. The number of amides is 1. The van der Waals surface area contributed by atoms with Gasteiger partial charge in [-0.05, 0) is 48.9 Å². The van der Waals surface area contributed by atoms with Crippen molar-refractivity contribution < 1.29 is 9.53 Å². The average molecular weight is 413 g/mol. The number of nitrogens with zero attached hydrogens (tertiary/aromatic N) is 2. The van der Waals surface area contributed by atoms with E-state index >= 15 is 0 Å². The minimum Gasteiger partial charge on any atom is -0.376 e. The molecular weight excluding hydrogens is 392 g/mol. The van der Waals surface area contributed by atoms with Crippen molar-refractivity contribution in [3.05, 3.63) is 59.1 Å². The van der Waals surface area contributed by atoms with Gasteiger partial charge in [0.05, 0.1) is 22.9 Å². The van der Waals surface area contributed by atoms with E-state index in [1.165, 1.54) is 0 Å². The highest BCUT2D eigenvalue weighted by atomic mass is 35.5. The summed E-state index contributed by atoms with van der Waals surface area (Å²) in [5, 5.41) is 1.51. The lowest BCUT2D eigenvalue weighted by Gasteiger charge is -2.23. The molecule has 3 atom stereocenters. The second-order valence-corrected chi connectivity index (χ2v) is 8.93. The van der Waals surface area contributed by atoms with Crippen LogP contribution in [0.4, 0.5) is 5.13 Å². The maximum Gasteiger partial charge on any atom is 0.232 e. The minimum absolute atomic E-state index is 0.0340. The topological polar surface area (TPSA) is 42.4 Å². The Balaban J connectivity index is 1.42. The highest BCUT2D eigenvalue weighted by Crippen LogP contribution is 2.51. The maximum absolute atomic E-state index is 13.5. The van der Waals surface area contributed by atoms with Crippen molar-refractivity contribution in [3.8, 4) is 0 Å². The third kappa shape index (κ3) is 3.43. The van der Waals surface area contributed by atoms with Crippen LogP contribution >= 0.6 is 22.9 Å². The van der Waals surface area contributed by atoms with Gasteiger partial charge in [0.2, 0.25) is 5.91 Å². The van der Waals surface area contributed by atoms with Crippen molar-refractivity contribution in [2.45, 2.75) is 31.3 Å². The van der Waals surface area contributed by atoms with Crippen LogP contribution in [0.1, 0.15) is 30.7 Å². The third-order valence-electron chi connectivity index (χ3n) is 5.60. The van der Waals surface area contributed by atoms with Crippen LogP contribution < -0.4 is 4.90 Å². The fourth-order valence-corrected chi connectivity index (χ4v) is 5.27. The predicted octanol–water partition coefficient (Wildman–Crippen LogP) is 5.27. The molecule has 0 bridgehead atoms. The lowest BCUT2D eigenvalue weighted by molar-refractivity contribution is -0.120. The van der Waals surface area contributed by atoms with Gasteiger partial charge in [-0.25, -0.2) is 4.98 Å². The van der Waals surface area contributed by atoms with Gasteiger partial charge in [0.1, 0.15) is 0 Å². The lowest BCUT2D eigenvalue weighted by atomic mass is 10.1. The van der Waals surface area contributed by atoms with E-state index < -0.39 is 0 Å². The third-order valence-corrected chi connectivity index (χ3v) is 7.01. The average Bonchev–Trinajstić information content (AvgIpc) is 3.12. The maximum atomic E-state index is 13.5. The van der Waals surface area contributed by atoms with Gasteiger partial charge in [0.15, 0.2) is 5.13 Å². The molecule has 0 N–H and O–H groups in total. The highest BCUT2D eigenvalue weighted by Gasteiger charge is 2.47. The molecule has 1 aliphatic carbocycles. The Morgan fingerprint density at radius 3 is 2.82 bits per heavy atom. The summed E-state index contributed by atoms with van der Waals surface area (Å²) < 4.78 is 6.92. The van der Waals surface area contributed by atoms with Gasteiger partial charge in [-0.2, -0.15) is 0 Å². The number of para-hydroxylation sites is 1. The summed E-state index contributed by atoms with van der Waals surface area (Å²) in [6, 6.07) is 15.9. The minimum atomic E-state index is -0.0340. The number of fused-ring (bicyclic) bond motifs is 1. The molecule has 0 spiro atoms. The number of anilines is 1. The van der Waals surface area contributed by atoms with E-state index in [1.54, 1.807) is 11.3 Å². The van der Waals surface area contributed by atoms with E-state index in [-0.39, 0.29) is 23.8 Å². The Morgan fingerprint density at radius 1 is 1.21 bits per heavy atom. The summed E-state index contributed by atoms with van der Waals surface area (Å²) in [5.74, 6) is 0.301. The first-order valence-electron chi connectivity index (χ1n) is 9.73. The normalized spacial score (nSPS) is 23.8. The van der Waals surface area contributed by atoms with Crippen molar-refractivity contribution in [2.24, 2.45) is 5.92 Å². The summed E-state index contributed by atoms with van der Waals surface area (Å²) in [7, 11) is 0. The van der Waals surface area contributed by atoms with Crippen molar-refractivity contribution in [2.75, 3.05) is 18.1 Å². The number of hydrogen-bond donors (Lipinski definition) is 0. The lowest BCUT2D eigenvalue weighted by Crippen LogP contribution is -2.38. The van der Waals surface area contributed by atoms with Gasteiger partial charge < -0.3 is 4.74 Å². The second kappa shape index (κ2) is 7.47. The Kier molecular flexibility index (Phi) is 4.83. The molecule has 0 radical (unpaired) electrons. The zero-order valence-electron chi connectivity index (χ0n) is 15.4. The van der Waals surface area contributed by atoms with Crippen molar-refractivity contribution in [1.82, 2.24) is 4.98 Å². The molecular formula is C22H21ClN2O2S. The van der Waals surface area contributed by atoms with Gasteiger partial charge in [0, 0.05) is 17.5 Å². The number of ether oxygens (including phenoxy) is 1. The molecule has 6 heteroatoms. The van der Waals surface area contributed by atoms with Gasteiger partial charge in [-0.1, -0.05) is 53.3 Å². The zero-order chi connectivity index (χ0) is 19.1. The predicted molar refractivity (Wildman–Crippen MR) is 113 cm³/mol. The molecule has 1 saturated heterocycles. The monoisotopic (exact) mass is 412 g/mol. The quantitative estimate of drug-likeness (QED) is 0.573. The molecule has 1 aromatic heterocycles. The summed E-state index contributed by atoms with van der Waals surface area (Å²) in [6.45, 7) is 1.35. The van der Waals surface area contributed by atoms with Crippen LogP contribution in [-0.2, 0) is 9.53 Å². The number of carbonyl (C=O) groups is 1. The van der Waals surface area contributed by atoms with Gasteiger partial charge in [0.25, 0.3) is 0 Å². The van der Waals surface area contributed by atoms with Gasteiger partial charge in [-0.3, -0.25) is 9.69 Å². The molecule has 1 aliphatic heterocycles. The van der Waals surface area contributed by atoms with Crippen molar-refractivity contribution in [1.29, 1.82) is 0 Å². The van der Waals surface area contributed by atoms with Crippen molar-refractivity contribution >= 4 is 44.2 Å². The van der Waals surface area contributed by atoms with Crippen LogP contribution in [0.3, 0.4) is 0 Å². The molecule has 28 heavy (non-hydrogen) atoms. The van der Waals surface area contributed by atoms with E-state index in [9.17, 15) is 4.79 Å². The number of carbonyl (C=O) groups excluding carboxylic acids is 1. The Morgan fingerprint density at radius 2 is 2.04 bits per heavy atom. The molecule has 144 valence electrons. The molecule has 2 aliphatic rings. The fourth-order valence-electron chi connectivity index (χ4n) is 4.02. The molecule has 4 nitrogen and oxygen atoms in total. The number of benzene rings is 2. The Labute approximate surface area is 173 Å². The van der Waals surface area contributed by atoms with Crippen molar-refractivity contribution in [3.63, 3.8) is 0 Å². The summed E-state index contributed by atoms with van der Waals surface area (Å²) in [4.78, 5) is 20.1. The Bertz CT molecular complexity index is 981. The van der Waals surface area contributed by atoms with E-state index in [1.807, 2.05) is 47.4 Å². The molecule has 5 rings (SSSR count). The smallest absolute Gasteiger partial charge is 0.232 e. The van der Waals surface area contributed by atoms with Crippen LogP contribution in [0, 0.1) is 5.92 Å². The number of hydrogen-bond acceptors (Lipinski definition) is 4. The first kappa shape index (κ1) is 18.1. The highest BCUT2D eigenvalue weighted by molar-refractivity contribution is 7.22. The molecule has 1 amide bonds.